The van der Waals surface area contributed by atoms with E-state index in [2.05, 4.69) is 22.4 Å². The number of hydrogen-bond acceptors (Lipinski definition) is 5. The van der Waals surface area contributed by atoms with E-state index in [1.165, 1.54) is 0 Å². The lowest BCUT2D eigenvalue weighted by atomic mass is 10.1. The number of rotatable bonds is 7. The Hall–Kier alpha value is -1.72. The zero-order chi connectivity index (χ0) is 13.5. The van der Waals surface area contributed by atoms with Gasteiger partial charge in [0.15, 0.2) is 0 Å². The van der Waals surface area contributed by atoms with E-state index in [1.807, 2.05) is 30.3 Å². The molecule has 0 spiro atoms. The number of benzene rings is 1. The van der Waals surface area contributed by atoms with Crippen LogP contribution < -0.4 is 5.32 Å². The molecule has 19 heavy (non-hydrogen) atoms. The van der Waals surface area contributed by atoms with Crippen molar-refractivity contribution < 1.29 is 9.52 Å². The maximum atomic E-state index is 8.81. The van der Waals surface area contributed by atoms with Crippen molar-refractivity contribution in [2.75, 3.05) is 13.2 Å². The molecule has 0 bridgehead atoms. The van der Waals surface area contributed by atoms with Gasteiger partial charge in [-0.3, -0.25) is 0 Å². The van der Waals surface area contributed by atoms with Gasteiger partial charge in [0, 0.05) is 12.2 Å². The van der Waals surface area contributed by atoms with Crippen molar-refractivity contribution in [3.8, 4) is 11.5 Å². The first-order valence-corrected chi connectivity index (χ1v) is 6.49. The molecule has 0 aliphatic carbocycles. The summed E-state index contributed by atoms with van der Waals surface area (Å²) in [5, 5.41) is 20.1. The standard InChI is InChI=1S/C14H19N3O2/c1-11(7-8-18)9-15-10-13-16-17-14(19-13)12-5-3-2-4-6-12/h2-6,11,15,18H,7-10H2,1H3. The van der Waals surface area contributed by atoms with E-state index in [9.17, 15) is 0 Å². The molecule has 1 aromatic heterocycles. The van der Waals surface area contributed by atoms with Crippen molar-refractivity contribution in [3.63, 3.8) is 0 Å². The van der Waals surface area contributed by atoms with E-state index in [-0.39, 0.29) is 6.61 Å². The minimum Gasteiger partial charge on any atom is -0.419 e. The Morgan fingerprint density at radius 1 is 1.26 bits per heavy atom. The molecule has 1 unspecified atom stereocenters. The molecule has 5 nitrogen and oxygen atoms in total. The summed E-state index contributed by atoms with van der Waals surface area (Å²) in [5.41, 5.74) is 0.926. The molecule has 2 N–H and O–H groups in total. The fourth-order valence-electron chi connectivity index (χ4n) is 1.77. The number of aliphatic hydroxyl groups is 1. The Balaban J connectivity index is 1.85. The molecule has 102 valence electrons. The third-order valence-corrected chi connectivity index (χ3v) is 2.88. The predicted octanol–water partition coefficient (Wildman–Crippen LogP) is 1.84. The molecule has 1 heterocycles. The van der Waals surface area contributed by atoms with Crippen molar-refractivity contribution in [2.24, 2.45) is 5.92 Å². The fourth-order valence-corrected chi connectivity index (χ4v) is 1.77. The van der Waals surface area contributed by atoms with Crippen LogP contribution in [0.3, 0.4) is 0 Å². The highest BCUT2D eigenvalue weighted by atomic mass is 16.4. The molecule has 1 atom stereocenters. The summed E-state index contributed by atoms with van der Waals surface area (Å²) in [5.74, 6) is 1.55. The molecule has 2 rings (SSSR count). The largest absolute Gasteiger partial charge is 0.419 e. The maximum Gasteiger partial charge on any atom is 0.247 e. The molecule has 0 saturated heterocycles. The van der Waals surface area contributed by atoms with Gasteiger partial charge in [0.2, 0.25) is 11.8 Å². The summed E-state index contributed by atoms with van der Waals surface area (Å²) in [6, 6.07) is 9.70. The Morgan fingerprint density at radius 3 is 2.79 bits per heavy atom. The van der Waals surface area contributed by atoms with Gasteiger partial charge in [0.1, 0.15) is 0 Å². The molecule has 0 radical (unpaired) electrons. The van der Waals surface area contributed by atoms with Crippen LogP contribution in [0, 0.1) is 5.92 Å². The maximum absolute atomic E-state index is 8.81. The molecule has 5 heteroatoms. The SMILES string of the molecule is CC(CCO)CNCc1nnc(-c2ccccc2)o1. The molecule has 0 aliphatic heterocycles. The molecular formula is C14H19N3O2. The number of aromatic nitrogens is 2. The van der Waals surface area contributed by atoms with Crippen molar-refractivity contribution in [1.82, 2.24) is 15.5 Å². The highest BCUT2D eigenvalue weighted by molar-refractivity contribution is 5.51. The van der Waals surface area contributed by atoms with Crippen molar-refractivity contribution in [2.45, 2.75) is 19.9 Å². The summed E-state index contributed by atoms with van der Waals surface area (Å²) in [4.78, 5) is 0. The van der Waals surface area contributed by atoms with Crippen molar-refractivity contribution in [1.29, 1.82) is 0 Å². The first-order chi connectivity index (χ1) is 9.29. The Morgan fingerprint density at radius 2 is 2.05 bits per heavy atom. The normalized spacial score (nSPS) is 12.5. The summed E-state index contributed by atoms with van der Waals surface area (Å²) in [6.07, 6.45) is 0.798. The molecule has 0 aliphatic rings. The van der Waals surface area contributed by atoms with E-state index in [1.54, 1.807) is 0 Å². The van der Waals surface area contributed by atoms with Crippen LogP contribution in [0.2, 0.25) is 0 Å². The molecule has 0 amide bonds. The second kappa shape index (κ2) is 7.01. The average molecular weight is 261 g/mol. The van der Waals surface area contributed by atoms with Crippen LogP contribution in [0.25, 0.3) is 11.5 Å². The lowest BCUT2D eigenvalue weighted by Crippen LogP contribution is -2.21. The van der Waals surface area contributed by atoms with Gasteiger partial charge in [0.25, 0.3) is 0 Å². The van der Waals surface area contributed by atoms with Gasteiger partial charge in [-0.25, -0.2) is 0 Å². The van der Waals surface area contributed by atoms with Gasteiger partial charge >= 0.3 is 0 Å². The first kappa shape index (κ1) is 13.7. The molecular weight excluding hydrogens is 242 g/mol. The van der Waals surface area contributed by atoms with E-state index < -0.39 is 0 Å². The highest BCUT2D eigenvalue weighted by Gasteiger charge is 2.08. The van der Waals surface area contributed by atoms with Crippen molar-refractivity contribution in [3.05, 3.63) is 36.2 Å². The van der Waals surface area contributed by atoms with Crippen LogP contribution in [-0.2, 0) is 6.54 Å². The Labute approximate surface area is 112 Å². The summed E-state index contributed by atoms with van der Waals surface area (Å²) < 4.78 is 5.58. The third kappa shape index (κ3) is 4.15. The monoisotopic (exact) mass is 261 g/mol. The zero-order valence-corrected chi connectivity index (χ0v) is 11.0. The van der Waals surface area contributed by atoms with Crippen LogP contribution in [0.4, 0.5) is 0 Å². The fraction of sp³-hybridized carbons (Fsp3) is 0.429. The lowest BCUT2D eigenvalue weighted by molar-refractivity contribution is 0.259. The smallest absolute Gasteiger partial charge is 0.247 e. The average Bonchev–Trinajstić information content (AvgIpc) is 2.89. The van der Waals surface area contributed by atoms with Crippen LogP contribution in [0.5, 0.6) is 0 Å². The predicted molar refractivity (Wildman–Crippen MR) is 72.3 cm³/mol. The number of aliphatic hydroxyl groups excluding tert-OH is 1. The van der Waals surface area contributed by atoms with E-state index >= 15 is 0 Å². The second-order valence-corrected chi connectivity index (χ2v) is 4.62. The topological polar surface area (TPSA) is 71.2 Å². The molecule has 1 aromatic carbocycles. The van der Waals surface area contributed by atoms with E-state index in [0.717, 1.165) is 18.5 Å². The van der Waals surface area contributed by atoms with E-state index in [0.29, 0.717) is 24.2 Å². The van der Waals surface area contributed by atoms with Gasteiger partial charge in [-0.15, -0.1) is 10.2 Å². The molecule has 2 aromatic rings. The minimum atomic E-state index is 0.224. The van der Waals surface area contributed by atoms with Crippen molar-refractivity contribution >= 4 is 0 Å². The number of nitrogens with zero attached hydrogens (tertiary/aromatic N) is 2. The quantitative estimate of drug-likeness (QED) is 0.796. The highest BCUT2D eigenvalue weighted by Crippen LogP contribution is 2.16. The van der Waals surface area contributed by atoms with Crippen LogP contribution in [0.15, 0.2) is 34.7 Å². The summed E-state index contributed by atoms with van der Waals surface area (Å²) >= 11 is 0. The van der Waals surface area contributed by atoms with Crippen LogP contribution in [0.1, 0.15) is 19.2 Å². The minimum absolute atomic E-state index is 0.224. The summed E-state index contributed by atoms with van der Waals surface area (Å²) in [6.45, 7) is 3.69. The summed E-state index contributed by atoms with van der Waals surface area (Å²) in [7, 11) is 0. The van der Waals surface area contributed by atoms with E-state index in [4.69, 9.17) is 9.52 Å². The molecule has 0 fully saturated rings. The Kier molecular flexibility index (Phi) is 5.06. The molecule has 0 saturated carbocycles. The second-order valence-electron chi connectivity index (χ2n) is 4.62. The third-order valence-electron chi connectivity index (χ3n) is 2.88. The lowest BCUT2D eigenvalue weighted by Gasteiger charge is -2.09. The number of hydrogen-bond donors (Lipinski definition) is 2. The number of nitrogens with one attached hydrogen (secondary N) is 1. The Bertz CT molecular complexity index is 484. The van der Waals surface area contributed by atoms with Gasteiger partial charge in [-0.2, -0.15) is 0 Å². The van der Waals surface area contributed by atoms with Crippen LogP contribution >= 0.6 is 0 Å². The van der Waals surface area contributed by atoms with Gasteiger partial charge in [0.05, 0.1) is 6.54 Å². The first-order valence-electron chi connectivity index (χ1n) is 6.49. The zero-order valence-electron chi connectivity index (χ0n) is 11.0. The van der Waals surface area contributed by atoms with Gasteiger partial charge in [-0.05, 0) is 31.0 Å². The van der Waals surface area contributed by atoms with Crippen LogP contribution in [-0.4, -0.2) is 28.5 Å². The van der Waals surface area contributed by atoms with Gasteiger partial charge < -0.3 is 14.8 Å². The van der Waals surface area contributed by atoms with Gasteiger partial charge in [-0.1, -0.05) is 25.1 Å².